The molecule has 3 aromatic rings. The van der Waals surface area contributed by atoms with Gasteiger partial charge in [-0.15, -0.1) is 0 Å². The van der Waals surface area contributed by atoms with Crippen molar-refractivity contribution in [2.24, 2.45) is 0 Å². The third kappa shape index (κ3) is 4.66. The number of ether oxygens (including phenoxy) is 4. The molecule has 0 radical (unpaired) electrons. The Kier molecular flexibility index (Phi) is 5.71. The van der Waals surface area contributed by atoms with Crippen LogP contribution >= 0.6 is 0 Å². The molecule has 2 heterocycles. The Balaban J connectivity index is 1.74. The van der Waals surface area contributed by atoms with E-state index in [9.17, 15) is 18.4 Å². The highest BCUT2D eigenvalue weighted by molar-refractivity contribution is 5.97. The summed E-state index contributed by atoms with van der Waals surface area (Å²) in [6.07, 6.45) is -3.50. The molecule has 4 rings (SSSR count). The van der Waals surface area contributed by atoms with Crippen molar-refractivity contribution in [3.05, 3.63) is 53.3 Å². The van der Waals surface area contributed by atoms with Gasteiger partial charge in [-0.1, -0.05) is 12.1 Å². The first-order chi connectivity index (χ1) is 15.8. The molecule has 0 atom stereocenters. The molecule has 34 heavy (non-hydrogen) atoms. The number of carbonyl (C=O) groups is 2. The van der Waals surface area contributed by atoms with Gasteiger partial charge in [0.2, 0.25) is 5.79 Å². The largest absolute Gasteiger partial charge is 0.485 e. The molecule has 1 aliphatic heterocycles. The van der Waals surface area contributed by atoms with Crippen LogP contribution in [-0.2, 0) is 16.1 Å². The Hall–Kier alpha value is -3.69. The Morgan fingerprint density at radius 2 is 1.88 bits per heavy atom. The number of rotatable bonds is 4. The molecule has 0 saturated carbocycles. The second-order valence-electron chi connectivity index (χ2n) is 9.21. The van der Waals surface area contributed by atoms with Crippen molar-refractivity contribution < 1.29 is 37.3 Å². The van der Waals surface area contributed by atoms with Gasteiger partial charge in [-0.3, -0.25) is 0 Å². The van der Waals surface area contributed by atoms with Crippen LogP contribution in [0.15, 0.2) is 36.4 Å². The van der Waals surface area contributed by atoms with Crippen LogP contribution in [0.1, 0.15) is 62.8 Å². The molecule has 0 saturated heterocycles. The second kappa shape index (κ2) is 8.27. The average molecular weight is 474 g/mol. The summed E-state index contributed by atoms with van der Waals surface area (Å²) in [4.78, 5) is 30.0. The molecule has 0 amide bonds. The zero-order valence-corrected chi connectivity index (χ0v) is 19.3. The molecule has 0 spiro atoms. The maximum Gasteiger partial charge on any atom is 0.420 e. The number of hydrogen-bond acceptors (Lipinski definition) is 7. The molecule has 10 heteroatoms. The second-order valence-corrected chi connectivity index (χ2v) is 9.21. The molecule has 0 fully saturated rings. The fourth-order valence-electron chi connectivity index (χ4n) is 3.52. The van der Waals surface area contributed by atoms with E-state index in [0.717, 1.165) is 12.1 Å². The summed E-state index contributed by atoms with van der Waals surface area (Å²) >= 11 is 0. The molecular formula is C24H24F2N2O6. The van der Waals surface area contributed by atoms with Crippen molar-refractivity contribution in [1.29, 1.82) is 0 Å². The summed E-state index contributed by atoms with van der Waals surface area (Å²) in [5.74, 6) is -2.18. The van der Waals surface area contributed by atoms with E-state index in [1.807, 2.05) is 0 Å². The fourth-order valence-corrected chi connectivity index (χ4v) is 3.52. The Morgan fingerprint density at radius 3 is 2.56 bits per heavy atom. The number of hydrogen-bond donors (Lipinski definition) is 0. The van der Waals surface area contributed by atoms with Gasteiger partial charge in [0, 0.05) is 19.4 Å². The summed E-state index contributed by atoms with van der Waals surface area (Å²) in [6, 6.07) is 9.05. The van der Waals surface area contributed by atoms with Crippen molar-refractivity contribution in [3.63, 3.8) is 0 Å². The van der Waals surface area contributed by atoms with E-state index in [2.05, 4.69) is 4.98 Å². The van der Waals surface area contributed by atoms with Crippen LogP contribution in [0.2, 0.25) is 0 Å². The molecule has 0 N–H and O–H groups in total. The van der Waals surface area contributed by atoms with E-state index in [1.54, 1.807) is 45.0 Å². The minimum absolute atomic E-state index is 0.0744. The van der Waals surface area contributed by atoms with E-state index in [-0.39, 0.29) is 35.1 Å². The van der Waals surface area contributed by atoms with Crippen LogP contribution in [0.4, 0.5) is 13.6 Å². The molecule has 180 valence electrons. The predicted molar refractivity (Wildman–Crippen MR) is 117 cm³/mol. The van der Waals surface area contributed by atoms with E-state index in [4.69, 9.17) is 18.9 Å². The zero-order valence-electron chi connectivity index (χ0n) is 19.3. The number of fused-ring (bicyclic) bond motifs is 2. The van der Waals surface area contributed by atoms with E-state index < -0.39 is 29.9 Å². The molecule has 0 unspecified atom stereocenters. The zero-order chi connectivity index (χ0) is 24.8. The quantitative estimate of drug-likeness (QED) is 0.453. The van der Waals surface area contributed by atoms with Crippen molar-refractivity contribution in [1.82, 2.24) is 9.55 Å². The van der Waals surface area contributed by atoms with Crippen LogP contribution in [-0.4, -0.2) is 33.0 Å². The fraction of sp³-hybridized carbons (Fsp3) is 0.375. The minimum Gasteiger partial charge on any atom is -0.485 e. The van der Waals surface area contributed by atoms with Crippen molar-refractivity contribution >= 4 is 23.1 Å². The predicted octanol–water partition coefficient (Wildman–Crippen LogP) is 5.62. The number of para-hydroxylation sites is 2. The summed E-state index contributed by atoms with van der Waals surface area (Å²) in [5.41, 5.74) is -0.273. The van der Waals surface area contributed by atoms with Gasteiger partial charge in [0.25, 0.3) is 6.43 Å². The lowest BCUT2D eigenvalue weighted by Gasteiger charge is -2.32. The van der Waals surface area contributed by atoms with Gasteiger partial charge < -0.3 is 18.9 Å². The van der Waals surface area contributed by atoms with Crippen molar-refractivity contribution in [3.8, 4) is 11.5 Å². The third-order valence-electron chi connectivity index (χ3n) is 4.80. The topological polar surface area (TPSA) is 88.9 Å². The van der Waals surface area contributed by atoms with Crippen molar-refractivity contribution in [2.75, 3.05) is 0 Å². The lowest BCUT2D eigenvalue weighted by atomic mass is 10.1. The summed E-state index contributed by atoms with van der Waals surface area (Å²) < 4.78 is 50.4. The highest BCUT2D eigenvalue weighted by Gasteiger charge is 2.37. The van der Waals surface area contributed by atoms with E-state index in [0.29, 0.717) is 11.0 Å². The lowest BCUT2D eigenvalue weighted by Crippen LogP contribution is -2.39. The van der Waals surface area contributed by atoms with E-state index in [1.165, 1.54) is 18.4 Å². The van der Waals surface area contributed by atoms with Gasteiger partial charge in [-0.25, -0.2) is 27.9 Å². The number of aromatic nitrogens is 2. The summed E-state index contributed by atoms with van der Waals surface area (Å²) in [6.45, 7) is 7.86. The standard InChI is InChI=1S/C24H24F2N2O6/c1-23(2,3)34-22(30)28-15-9-7-6-8-14(15)27-18(28)12-31-16-10-13(20(25)26)11-17-19(16)21(29)33-24(4,5)32-17/h6-11,20H,12H2,1-5H3. The van der Waals surface area contributed by atoms with Crippen LogP contribution in [0.3, 0.4) is 0 Å². The average Bonchev–Trinajstić information content (AvgIpc) is 3.07. The number of carbonyl (C=O) groups excluding carboxylic acids is 2. The highest BCUT2D eigenvalue weighted by atomic mass is 19.3. The van der Waals surface area contributed by atoms with Crippen LogP contribution < -0.4 is 9.47 Å². The number of halogens is 2. The highest BCUT2D eigenvalue weighted by Crippen LogP contribution is 2.40. The molecule has 8 nitrogen and oxygen atoms in total. The number of cyclic esters (lactones) is 1. The number of nitrogens with zero attached hydrogens (tertiary/aromatic N) is 2. The van der Waals surface area contributed by atoms with Gasteiger partial charge in [0.05, 0.1) is 11.0 Å². The Bertz CT molecular complexity index is 1280. The maximum atomic E-state index is 13.5. The van der Waals surface area contributed by atoms with Gasteiger partial charge >= 0.3 is 12.1 Å². The number of imidazole rings is 1. The third-order valence-corrected chi connectivity index (χ3v) is 4.80. The maximum absolute atomic E-state index is 13.5. The molecule has 0 aliphatic carbocycles. The van der Waals surface area contributed by atoms with Gasteiger partial charge in [0.1, 0.15) is 29.3 Å². The smallest absolute Gasteiger partial charge is 0.420 e. The van der Waals surface area contributed by atoms with Crippen molar-refractivity contribution in [2.45, 2.75) is 59.0 Å². The molecule has 1 aromatic heterocycles. The van der Waals surface area contributed by atoms with E-state index >= 15 is 0 Å². The molecule has 0 bridgehead atoms. The van der Waals surface area contributed by atoms with Crippen LogP contribution in [0, 0.1) is 0 Å². The normalized spacial score (nSPS) is 15.0. The molecular weight excluding hydrogens is 450 g/mol. The van der Waals surface area contributed by atoms with Gasteiger partial charge in [-0.05, 0) is 45.0 Å². The van der Waals surface area contributed by atoms with Gasteiger partial charge in [0.15, 0.2) is 5.82 Å². The van der Waals surface area contributed by atoms with Crippen LogP contribution in [0.25, 0.3) is 11.0 Å². The minimum atomic E-state index is -2.83. The first-order valence-electron chi connectivity index (χ1n) is 10.6. The Morgan fingerprint density at radius 1 is 1.18 bits per heavy atom. The summed E-state index contributed by atoms with van der Waals surface area (Å²) in [7, 11) is 0. The number of benzene rings is 2. The van der Waals surface area contributed by atoms with Gasteiger partial charge in [-0.2, -0.15) is 0 Å². The SMILES string of the molecule is CC(C)(C)OC(=O)n1c(COc2cc(C(F)F)cc3c2C(=O)OC(C)(C)O3)nc2ccccc21. The molecule has 2 aromatic carbocycles. The first kappa shape index (κ1) is 23.5. The lowest BCUT2D eigenvalue weighted by molar-refractivity contribution is -0.127. The Labute approximate surface area is 194 Å². The monoisotopic (exact) mass is 474 g/mol. The van der Waals surface area contributed by atoms with Crippen LogP contribution in [0.5, 0.6) is 11.5 Å². The number of esters is 1. The summed E-state index contributed by atoms with van der Waals surface area (Å²) in [5, 5.41) is 0. The molecule has 1 aliphatic rings. The number of alkyl halides is 2. The first-order valence-corrected chi connectivity index (χ1v) is 10.6.